The van der Waals surface area contributed by atoms with E-state index in [1.807, 2.05) is 55.5 Å². The van der Waals surface area contributed by atoms with Crippen molar-refractivity contribution in [2.24, 2.45) is 0 Å². The summed E-state index contributed by atoms with van der Waals surface area (Å²) in [5, 5.41) is 0. The molecule has 0 aromatic heterocycles. The molecule has 216 valence electrons. The van der Waals surface area contributed by atoms with Crippen LogP contribution in [0.3, 0.4) is 0 Å². The zero-order chi connectivity index (χ0) is 29.1. The van der Waals surface area contributed by atoms with Crippen molar-refractivity contribution in [1.29, 1.82) is 0 Å². The van der Waals surface area contributed by atoms with E-state index in [-0.39, 0.29) is 17.5 Å². The molecule has 1 aliphatic heterocycles. The molecule has 0 N–H and O–H groups in total. The van der Waals surface area contributed by atoms with Gasteiger partial charge in [-0.1, -0.05) is 70.5 Å². The highest BCUT2D eigenvalue weighted by Crippen LogP contribution is 2.50. The van der Waals surface area contributed by atoms with E-state index in [0.29, 0.717) is 37.6 Å². The smallest absolute Gasteiger partial charge is 0.161 e. The molecule has 0 fully saturated rings. The zero-order valence-corrected chi connectivity index (χ0v) is 25.6. The summed E-state index contributed by atoms with van der Waals surface area (Å²) in [5.41, 5.74) is 7.02. The van der Waals surface area contributed by atoms with Gasteiger partial charge in [-0.15, -0.1) is 0 Å². The van der Waals surface area contributed by atoms with E-state index in [1.165, 1.54) is 5.56 Å². The summed E-state index contributed by atoms with van der Waals surface area (Å²) in [5.74, 6) is 1.21. The van der Waals surface area contributed by atoms with Crippen LogP contribution in [-0.2, 0) is 22.6 Å². The Morgan fingerprint density at radius 1 is 0.786 bits per heavy atom. The van der Waals surface area contributed by atoms with E-state index < -0.39 is 0 Å². The summed E-state index contributed by atoms with van der Waals surface area (Å²) in [6.07, 6.45) is 5.28. The first kappa shape index (κ1) is 28.5. The van der Waals surface area contributed by atoms with Crippen LogP contribution < -0.4 is 9.47 Å². The number of carbonyl (C=O) groups excluding carboxylic acids is 2. The Morgan fingerprint density at radius 2 is 1.45 bits per heavy atom. The minimum absolute atomic E-state index is 0.156. The summed E-state index contributed by atoms with van der Waals surface area (Å²) in [7, 11) is 0. The number of carbonyl (C=O) groups is 2. The molecule has 3 aromatic rings. The monoisotopic (exact) mass is 625 g/mol. The lowest BCUT2D eigenvalue weighted by Gasteiger charge is -2.44. The number of ether oxygens (including phenoxy) is 2. The highest BCUT2D eigenvalue weighted by Gasteiger charge is 2.43. The predicted octanol–water partition coefficient (Wildman–Crippen LogP) is 8.08. The molecule has 6 heteroatoms. The quantitative estimate of drug-likeness (QED) is 0.240. The summed E-state index contributed by atoms with van der Waals surface area (Å²) < 4.78 is 13.3. The van der Waals surface area contributed by atoms with Gasteiger partial charge in [-0.05, 0) is 68.4 Å². The van der Waals surface area contributed by atoms with Gasteiger partial charge in [0, 0.05) is 57.9 Å². The van der Waals surface area contributed by atoms with Crippen molar-refractivity contribution < 1.29 is 19.1 Å². The van der Waals surface area contributed by atoms with Gasteiger partial charge in [0.15, 0.2) is 23.1 Å². The van der Waals surface area contributed by atoms with Crippen LogP contribution in [0.2, 0.25) is 0 Å². The standard InChI is InChI=1S/C36H36BrNO4/c1-2-41-33-22-25(18-19-32(33)42-23-26-12-6-7-13-27(26)37)34-35-28(14-8-16-30(35)39)38(21-20-24-10-4-3-5-11-24)29-15-9-17-31(40)36(29)34/h3-7,10-13,18-19,22,34H,2,8-9,14-17,20-21,23H2,1H3. The van der Waals surface area contributed by atoms with E-state index in [4.69, 9.17) is 9.47 Å². The van der Waals surface area contributed by atoms with Crippen LogP contribution in [0.5, 0.6) is 11.5 Å². The van der Waals surface area contributed by atoms with Crippen LogP contribution in [0.25, 0.3) is 0 Å². The molecule has 0 atom stereocenters. The van der Waals surface area contributed by atoms with Crippen LogP contribution in [0.1, 0.15) is 68.1 Å². The Kier molecular flexibility index (Phi) is 8.61. The second kappa shape index (κ2) is 12.7. The topological polar surface area (TPSA) is 55.8 Å². The highest BCUT2D eigenvalue weighted by molar-refractivity contribution is 9.10. The lowest BCUT2D eigenvalue weighted by atomic mass is 9.71. The molecule has 0 amide bonds. The number of halogens is 1. The van der Waals surface area contributed by atoms with Gasteiger partial charge in [-0.25, -0.2) is 0 Å². The Hall–Kier alpha value is -3.64. The fourth-order valence-corrected chi connectivity index (χ4v) is 6.97. The number of rotatable bonds is 9. The molecule has 42 heavy (non-hydrogen) atoms. The average molecular weight is 627 g/mol. The van der Waals surface area contributed by atoms with E-state index in [1.54, 1.807) is 0 Å². The second-order valence-corrected chi connectivity index (χ2v) is 12.0. The van der Waals surface area contributed by atoms with Crippen LogP contribution in [0.15, 0.2) is 99.8 Å². The van der Waals surface area contributed by atoms with Gasteiger partial charge < -0.3 is 14.4 Å². The van der Waals surface area contributed by atoms with Gasteiger partial charge in [0.05, 0.1) is 6.61 Å². The minimum Gasteiger partial charge on any atom is -0.490 e. The second-order valence-electron chi connectivity index (χ2n) is 11.1. The first-order chi connectivity index (χ1) is 20.5. The zero-order valence-electron chi connectivity index (χ0n) is 24.0. The van der Waals surface area contributed by atoms with Crippen LogP contribution in [-0.4, -0.2) is 29.6 Å². The molecule has 0 unspecified atom stereocenters. The molecule has 0 saturated carbocycles. The van der Waals surface area contributed by atoms with Gasteiger partial charge in [-0.3, -0.25) is 9.59 Å². The van der Waals surface area contributed by atoms with Crippen LogP contribution >= 0.6 is 15.9 Å². The van der Waals surface area contributed by atoms with Gasteiger partial charge in [0.2, 0.25) is 0 Å². The summed E-state index contributed by atoms with van der Waals surface area (Å²) in [6, 6.07) is 24.4. The lowest BCUT2D eigenvalue weighted by Crippen LogP contribution is -2.39. The van der Waals surface area contributed by atoms with E-state index in [9.17, 15) is 9.59 Å². The molecule has 3 aliphatic rings. The van der Waals surface area contributed by atoms with E-state index in [2.05, 4.69) is 45.1 Å². The number of nitrogens with zero attached hydrogens (tertiary/aromatic N) is 1. The van der Waals surface area contributed by atoms with E-state index in [0.717, 1.165) is 76.8 Å². The van der Waals surface area contributed by atoms with Crippen molar-refractivity contribution in [1.82, 2.24) is 4.90 Å². The molecule has 2 aliphatic carbocycles. The maximum absolute atomic E-state index is 13.7. The lowest BCUT2D eigenvalue weighted by molar-refractivity contribution is -0.117. The molecular weight excluding hydrogens is 590 g/mol. The molecule has 0 bridgehead atoms. The van der Waals surface area contributed by atoms with Gasteiger partial charge >= 0.3 is 0 Å². The number of ketones is 2. The molecular formula is C36H36BrNO4. The number of hydrogen-bond donors (Lipinski definition) is 0. The summed E-state index contributed by atoms with van der Waals surface area (Å²) in [4.78, 5) is 29.7. The Bertz CT molecular complexity index is 1510. The summed E-state index contributed by atoms with van der Waals surface area (Å²) in [6.45, 7) is 3.59. The van der Waals surface area contributed by atoms with Crippen molar-refractivity contribution in [2.75, 3.05) is 13.2 Å². The molecule has 5 nitrogen and oxygen atoms in total. The molecule has 6 rings (SSSR count). The number of benzene rings is 3. The van der Waals surface area contributed by atoms with Crippen molar-refractivity contribution in [2.45, 2.75) is 64.4 Å². The average Bonchev–Trinajstić information content (AvgIpc) is 3.00. The first-order valence-corrected chi connectivity index (χ1v) is 15.8. The van der Waals surface area contributed by atoms with Gasteiger partial charge in [0.25, 0.3) is 0 Å². The SMILES string of the molecule is CCOc1cc(C2C3=C(CCCC3=O)N(CCc3ccccc3)C3=C2C(=O)CCC3)ccc1OCc1ccccc1Br. The van der Waals surface area contributed by atoms with Crippen LogP contribution in [0, 0.1) is 0 Å². The highest BCUT2D eigenvalue weighted by atomic mass is 79.9. The third kappa shape index (κ3) is 5.69. The third-order valence-electron chi connectivity index (χ3n) is 8.50. The number of Topliss-reactive ketones (excluding diaryl/α,β-unsaturated/α-hetero) is 2. The molecule has 3 aromatic carbocycles. The Balaban J connectivity index is 1.39. The molecule has 0 saturated heterocycles. The maximum atomic E-state index is 13.7. The Labute approximate surface area is 256 Å². The van der Waals surface area contributed by atoms with Gasteiger partial charge in [0.1, 0.15) is 6.61 Å². The number of allylic oxidation sites excluding steroid dienone is 4. The van der Waals surface area contributed by atoms with E-state index >= 15 is 0 Å². The van der Waals surface area contributed by atoms with Crippen LogP contribution in [0.4, 0.5) is 0 Å². The minimum atomic E-state index is -0.375. The van der Waals surface area contributed by atoms with Crippen molar-refractivity contribution in [3.8, 4) is 11.5 Å². The number of hydrogen-bond acceptors (Lipinski definition) is 5. The van der Waals surface area contributed by atoms with Crippen molar-refractivity contribution >= 4 is 27.5 Å². The Morgan fingerprint density at radius 3 is 2.12 bits per heavy atom. The molecule has 1 heterocycles. The maximum Gasteiger partial charge on any atom is 0.161 e. The summed E-state index contributed by atoms with van der Waals surface area (Å²) >= 11 is 3.60. The molecule has 0 radical (unpaired) electrons. The fraction of sp³-hybridized carbons (Fsp3) is 0.333. The van der Waals surface area contributed by atoms with Crippen molar-refractivity contribution in [3.63, 3.8) is 0 Å². The fourth-order valence-electron chi connectivity index (χ4n) is 6.57. The third-order valence-corrected chi connectivity index (χ3v) is 9.27. The van der Waals surface area contributed by atoms with Crippen molar-refractivity contribution in [3.05, 3.63) is 116 Å². The van der Waals surface area contributed by atoms with Gasteiger partial charge in [-0.2, -0.15) is 0 Å². The first-order valence-electron chi connectivity index (χ1n) is 15.0. The predicted molar refractivity (Wildman–Crippen MR) is 167 cm³/mol. The normalized spacial score (nSPS) is 17.3. The molecule has 0 spiro atoms. The largest absolute Gasteiger partial charge is 0.490 e.